The van der Waals surface area contributed by atoms with E-state index in [0.717, 1.165) is 31.4 Å². The Morgan fingerprint density at radius 1 is 0.974 bits per heavy atom. The Hall–Kier alpha value is -4.61. The van der Waals surface area contributed by atoms with Crippen LogP contribution in [0.3, 0.4) is 0 Å². The Labute approximate surface area is 221 Å². The summed E-state index contributed by atoms with van der Waals surface area (Å²) >= 11 is 0. The molecule has 2 heterocycles. The average Bonchev–Trinajstić information content (AvgIpc) is 3.54. The van der Waals surface area contributed by atoms with E-state index < -0.39 is 12.3 Å². The zero-order chi connectivity index (χ0) is 27.7. The number of aromatic nitrogens is 4. The second-order valence-corrected chi connectivity index (χ2v) is 8.53. The number of alkyl halides is 3. The number of unbranched alkanes of at least 4 members (excludes halogenated alkanes) is 1. The molecule has 204 valence electrons. The minimum Gasteiger partial charge on any atom is -0.487 e. The first kappa shape index (κ1) is 27.4. The van der Waals surface area contributed by atoms with Crippen LogP contribution in [0.4, 0.5) is 13.2 Å². The van der Waals surface area contributed by atoms with E-state index in [1.807, 2.05) is 24.3 Å². The number of carboxylic acid groups (broad SMARTS) is 1. The third-order valence-electron chi connectivity index (χ3n) is 5.42. The lowest BCUT2D eigenvalue weighted by molar-refractivity contribution is -0.274. The summed E-state index contributed by atoms with van der Waals surface area (Å²) in [5.41, 5.74) is 3.20. The van der Waals surface area contributed by atoms with Crippen LogP contribution >= 0.6 is 0 Å². The molecule has 1 N–H and O–H groups in total. The van der Waals surface area contributed by atoms with Crippen molar-refractivity contribution in [2.24, 2.45) is 0 Å². The summed E-state index contributed by atoms with van der Waals surface area (Å²) in [5.74, 6) is -0.240. The number of aliphatic carboxylic acids is 1. The van der Waals surface area contributed by atoms with E-state index in [-0.39, 0.29) is 18.9 Å². The maximum Gasteiger partial charge on any atom is 0.573 e. The van der Waals surface area contributed by atoms with E-state index >= 15 is 0 Å². The van der Waals surface area contributed by atoms with Crippen LogP contribution in [0.5, 0.6) is 11.5 Å². The van der Waals surface area contributed by atoms with Gasteiger partial charge >= 0.3 is 12.3 Å². The maximum atomic E-state index is 12.3. The first-order valence-electron chi connectivity index (χ1n) is 12.0. The minimum absolute atomic E-state index is 0.211. The molecule has 0 spiro atoms. The van der Waals surface area contributed by atoms with Crippen molar-refractivity contribution < 1.29 is 37.0 Å². The highest BCUT2D eigenvalue weighted by Crippen LogP contribution is 2.23. The normalized spacial score (nSPS) is 11.7. The van der Waals surface area contributed by atoms with Gasteiger partial charge in [-0.15, -0.1) is 13.2 Å². The number of carboxylic acids is 1. The highest BCUT2D eigenvalue weighted by molar-refractivity contribution is 5.66. The summed E-state index contributed by atoms with van der Waals surface area (Å²) in [7, 11) is 0. The van der Waals surface area contributed by atoms with Crippen molar-refractivity contribution in [3.8, 4) is 11.5 Å². The van der Waals surface area contributed by atoms with Crippen molar-refractivity contribution in [2.75, 3.05) is 0 Å². The minimum atomic E-state index is -4.73. The topological polar surface area (TPSA) is 112 Å². The molecule has 4 rings (SSSR count). The number of nitrogens with zero attached hydrogens (tertiary/aromatic N) is 4. The van der Waals surface area contributed by atoms with Gasteiger partial charge in [0.05, 0.1) is 11.9 Å². The number of benzene rings is 2. The predicted molar refractivity (Wildman–Crippen MR) is 134 cm³/mol. The van der Waals surface area contributed by atoms with Gasteiger partial charge in [-0.1, -0.05) is 24.3 Å². The third-order valence-corrected chi connectivity index (χ3v) is 5.42. The quantitative estimate of drug-likeness (QED) is 0.219. The Balaban J connectivity index is 1.17. The monoisotopic (exact) mass is 542 g/mol. The largest absolute Gasteiger partial charge is 0.573 e. The van der Waals surface area contributed by atoms with Crippen molar-refractivity contribution in [2.45, 2.75) is 45.2 Å². The average molecular weight is 543 g/mol. The molecule has 0 unspecified atom stereocenters. The standard InChI is InChI=1S/C27H25F3N4O5/c28-27(29,30)39-24-12-7-20(8-13-24)9-14-25-32-22(18-38-25)17-37-23-10-5-19(6-11-23)3-1-2-4-21-15-31-34(33-21)16-26(35)36/h5-15,18H,1-4,16-17H2,(H,35,36). The number of halogens is 3. The van der Waals surface area contributed by atoms with Gasteiger partial charge < -0.3 is 19.0 Å². The second-order valence-electron chi connectivity index (χ2n) is 8.53. The molecule has 0 aliphatic heterocycles. The van der Waals surface area contributed by atoms with E-state index in [1.54, 1.807) is 18.3 Å². The lowest BCUT2D eigenvalue weighted by Crippen LogP contribution is -2.16. The molecule has 0 amide bonds. The molecular formula is C27H25F3N4O5. The molecule has 9 nitrogen and oxygen atoms in total. The summed E-state index contributed by atoms with van der Waals surface area (Å²) < 4.78 is 51.8. The first-order valence-corrected chi connectivity index (χ1v) is 12.0. The number of hydrogen-bond donors (Lipinski definition) is 1. The van der Waals surface area contributed by atoms with Gasteiger partial charge in [0.2, 0.25) is 5.89 Å². The highest BCUT2D eigenvalue weighted by Gasteiger charge is 2.30. The first-order chi connectivity index (χ1) is 18.7. The fourth-order valence-electron chi connectivity index (χ4n) is 3.60. The molecule has 2 aromatic carbocycles. The van der Waals surface area contributed by atoms with E-state index in [1.165, 1.54) is 40.9 Å². The molecule has 0 aliphatic carbocycles. The van der Waals surface area contributed by atoms with E-state index in [2.05, 4.69) is 19.9 Å². The fourth-order valence-corrected chi connectivity index (χ4v) is 3.60. The van der Waals surface area contributed by atoms with Gasteiger partial charge in [-0.25, -0.2) is 4.98 Å². The van der Waals surface area contributed by atoms with Crippen molar-refractivity contribution >= 4 is 18.1 Å². The summed E-state index contributed by atoms with van der Waals surface area (Å²) in [6.07, 6.45) is 5.10. The maximum absolute atomic E-state index is 12.3. The Morgan fingerprint density at radius 2 is 1.69 bits per heavy atom. The van der Waals surface area contributed by atoms with Gasteiger partial charge in [-0.2, -0.15) is 15.0 Å². The van der Waals surface area contributed by atoms with Crippen molar-refractivity contribution in [1.29, 1.82) is 0 Å². The number of rotatable bonds is 13. The highest BCUT2D eigenvalue weighted by atomic mass is 19.4. The Morgan fingerprint density at radius 3 is 2.41 bits per heavy atom. The molecule has 0 aliphatic rings. The number of carbonyl (C=O) groups is 1. The summed E-state index contributed by atoms with van der Waals surface area (Å²) in [4.78, 5) is 16.2. The van der Waals surface area contributed by atoms with E-state index in [0.29, 0.717) is 22.9 Å². The van der Waals surface area contributed by atoms with Crippen LogP contribution in [-0.4, -0.2) is 37.4 Å². The van der Waals surface area contributed by atoms with E-state index in [9.17, 15) is 18.0 Å². The van der Waals surface area contributed by atoms with Gasteiger partial charge in [0, 0.05) is 6.08 Å². The fraction of sp³-hybridized carbons (Fsp3) is 0.259. The molecular weight excluding hydrogens is 517 g/mol. The lowest BCUT2D eigenvalue weighted by Gasteiger charge is -2.08. The molecule has 0 saturated carbocycles. The number of aryl methyl sites for hydroxylation is 2. The van der Waals surface area contributed by atoms with Gasteiger partial charge in [-0.3, -0.25) is 4.79 Å². The van der Waals surface area contributed by atoms with Crippen LogP contribution in [-0.2, 0) is 30.8 Å². The summed E-state index contributed by atoms with van der Waals surface area (Å²) in [6, 6.07) is 13.2. The van der Waals surface area contributed by atoms with Crippen LogP contribution in [0.15, 0.2) is 65.4 Å². The molecule has 12 heteroatoms. The van der Waals surface area contributed by atoms with Crippen molar-refractivity contribution in [1.82, 2.24) is 20.0 Å². The number of oxazole rings is 1. The zero-order valence-corrected chi connectivity index (χ0v) is 20.7. The number of hydrogen-bond acceptors (Lipinski definition) is 7. The van der Waals surface area contributed by atoms with Crippen LogP contribution in [0.25, 0.3) is 12.2 Å². The summed E-state index contributed by atoms with van der Waals surface area (Å²) in [6.45, 7) is -0.0310. The molecule has 39 heavy (non-hydrogen) atoms. The molecule has 0 bridgehead atoms. The van der Waals surface area contributed by atoms with Crippen molar-refractivity contribution in [3.05, 3.63) is 89.4 Å². The van der Waals surface area contributed by atoms with Gasteiger partial charge in [0.25, 0.3) is 0 Å². The SMILES string of the molecule is O=C(O)Cn1ncc(CCCCc2ccc(OCc3coc(C=Cc4ccc(OC(F)(F)F)cc4)n3)cc2)n1. The van der Waals surface area contributed by atoms with Gasteiger partial charge in [-0.05, 0) is 67.2 Å². The summed E-state index contributed by atoms with van der Waals surface area (Å²) in [5, 5.41) is 16.9. The van der Waals surface area contributed by atoms with Crippen LogP contribution in [0, 0.1) is 0 Å². The zero-order valence-electron chi connectivity index (χ0n) is 20.7. The van der Waals surface area contributed by atoms with Gasteiger partial charge in [0.15, 0.2) is 6.54 Å². The Kier molecular flexibility index (Phi) is 8.97. The molecule has 0 radical (unpaired) electrons. The predicted octanol–water partition coefficient (Wildman–Crippen LogP) is 5.56. The smallest absolute Gasteiger partial charge is 0.487 e. The van der Waals surface area contributed by atoms with E-state index in [4.69, 9.17) is 14.3 Å². The lowest BCUT2D eigenvalue weighted by atomic mass is 10.1. The van der Waals surface area contributed by atoms with Crippen molar-refractivity contribution in [3.63, 3.8) is 0 Å². The second kappa shape index (κ2) is 12.8. The molecule has 4 aromatic rings. The molecule has 0 atom stereocenters. The molecule has 2 aromatic heterocycles. The van der Waals surface area contributed by atoms with Gasteiger partial charge in [0.1, 0.15) is 30.1 Å². The third kappa shape index (κ3) is 9.33. The van der Waals surface area contributed by atoms with Crippen LogP contribution in [0.2, 0.25) is 0 Å². The van der Waals surface area contributed by atoms with Crippen LogP contribution < -0.4 is 9.47 Å². The molecule has 0 fully saturated rings. The molecule has 0 saturated heterocycles. The van der Waals surface area contributed by atoms with Crippen LogP contribution in [0.1, 0.15) is 41.2 Å². The Bertz CT molecular complexity index is 1380. The number of ether oxygens (including phenoxy) is 2.